The lowest BCUT2D eigenvalue weighted by Gasteiger charge is -2.22. The van der Waals surface area contributed by atoms with Crippen molar-refractivity contribution in [2.45, 2.75) is 18.4 Å². The van der Waals surface area contributed by atoms with E-state index < -0.39 is 8.60 Å². The molecular formula is C38H33N2O5P. The third-order valence-corrected chi connectivity index (χ3v) is 9.60. The van der Waals surface area contributed by atoms with Crippen LogP contribution in [0.5, 0.6) is 0 Å². The van der Waals surface area contributed by atoms with Gasteiger partial charge in [0.05, 0.1) is 26.4 Å². The van der Waals surface area contributed by atoms with Crippen LogP contribution in [-0.2, 0) is 29.8 Å². The van der Waals surface area contributed by atoms with Gasteiger partial charge in [0.15, 0.2) is 0 Å². The average Bonchev–Trinajstić information content (AvgIpc) is 3.60. The summed E-state index contributed by atoms with van der Waals surface area (Å²) in [7, 11) is -1.71. The van der Waals surface area contributed by atoms with Crippen LogP contribution in [-0.4, -0.2) is 32.1 Å². The minimum atomic E-state index is -1.71. The smallest absolute Gasteiger partial charge is 0.333 e. The molecule has 0 aliphatic heterocycles. The molecule has 2 N–H and O–H groups in total. The molecule has 0 heterocycles. The van der Waals surface area contributed by atoms with Crippen molar-refractivity contribution >= 4 is 26.6 Å². The Balaban J connectivity index is 1.08. The van der Waals surface area contributed by atoms with Gasteiger partial charge in [-0.2, -0.15) is 0 Å². The molecule has 5 aromatic rings. The van der Waals surface area contributed by atoms with E-state index in [-0.39, 0.29) is 30.9 Å². The number of nitrogens with one attached hydrogen (secondary N) is 2. The molecular weight excluding hydrogens is 595 g/mol. The Kier molecular flexibility index (Phi) is 8.99. The zero-order valence-corrected chi connectivity index (χ0v) is 26.0. The molecule has 0 saturated carbocycles. The SMILES string of the molecule is O=CNCC(=O)Nc1ccc(COP(OCC2c3ccccc3-c3ccccc32)OCC2c3ccccc3-c3ccccc32)cc1. The Morgan fingerprint density at radius 1 is 0.609 bits per heavy atom. The molecule has 0 atom stereocenters. The van der Waals surface area contributed by atoms with Crippen molar-refractivity contribution in [3.05, 3.63) is 149 Å². The summed E-state index contributed by atoms with van der Waals surface area (Å²) < 4.78 is 19.4. The zero-order chi connectivity index (χ0) is 31.3. The minimum Gasteiger partial charge on any atom is -0.350 e. The molecule has 0 radical (unpaired) electrons. The van der Waals surface area contributed by atoms with E-state index in [9.17, 15) is 9.59 Å². The normalized spacial score (nSPS) is 13.2. The monoisotopic (exact) mass is 628 g/mol. The van der Waals surface area contributed by atoms with Gasteiger partial charge in [0.2, 0.25) is 12.3 Å². The quantitative estimate of drug-likeness (QED) is 0.103. The Hall–Kier alpha value is -4.65. The summed E-state index contributed by atoms with van der Waals surface area (Å²) in [5.41, 5.74) is 11.5. The molecule has 2 amide bonds. The van der Waals surface area contributed by atoms with E-state index in [0.29, 0.717) is 25.3 Å². The lowest BCUT2D eigenvalue weighted by atomic mass is 9.98. The van der Waals surface area contributed by atoms with E-state index in [4.69, 9.17) is 13.6 Å². The van der Waals surface area contributed by atoms with Crippen molar-refractivity contribution in [3.8, 4) is 22.3 Å². The maximum absolute atomic E-state index is 12.0. The van der Waals surface area contributed by atoms with Crippen LogP contribution in [0.4, 0.5) is 5.69 Å². The van der Waals surface area contributed by atoms with Crippen LogP contribution in [0.15, 0.2) is 121 Å². The van der Waals surface area contributed by atoms with Crippen LogP contribution in [0, 0.1) is 0 Å². The first-order valence-electron chi connectivity index (χ1n) is 15.3. The van der Waals surface area contributed by atoms with Crippen molar-refractivity contribution in [1.82, 2.24) is 5.32 Å². The summed E-state index contributed by atoms with van der Waals surface area (Å²) in [6.45, 7) is 1.05. The third-order valence-electron chi connectivity index (χ3n) is 8.54. The highest BCUT2D eigenvalue weighted by Crippen LogP contribution is 2.51. The third kappa shape index (κ3) is 6.23. The molecule has 2 aliphatic carbocycles. The number of carbonyl (C=O) groups is 2. The number of hydrogen-bond acceptors (Lipinski definition) is 5. The number of anilines is 1. The number of rotatable bonds is 13. The summed E-state index contributed by atoms with van der Waals surface area (Å²) in [6, 6.07) is 41.4. The average molecular weight is 629 g/mol. The standard InChI is InChI=1S/C38H33N2O5P/c41-25-39-21-38(42)40-27-19-17-26(18-20-27)22-43-46(44-23-36-32-13-5-1-9-28(32)29-10-2-6-14-33(29)36)45-24-37-34-15-7-3-11-30(34)31-12-4-8-16-35(31)37/h1-20,25,36-37H,21-24H2,(H,39,41)(H,40,42). The lowest BCUT2D eigenvalue weighted by Crippen LogP contribution is -2.26. The predicted molar refractivity (Wildman–Crippen MR) is 180 cm³/mol. The largest absolute Gasteiger partial charge is 0.350 e. The van der Waals surface area contributed by atoms with Crippen LogP contribution in [0.1, 0.15) is 39.7 Å². The number of fused-ring (bicyclic) bond motifs is 6. The molecule has 5 aromatic carbocycles. The maximum atomic E-state index is 12.0. The summed E-state index contributed by atoms with van der Waals surface area (Å²) >= 11 is 0. The zero-order valence-electron chi connectivity index (χ0n) is 25.1. The van der Waals surface area contributed by atoms with Crippen molar-refractivity contribution < 1.29 is 23.2 Å². The van der Waals surface area contributed by atoms with Crippen molar-refractivity contribution in [2.75, 3.05) is 25.1 Å². The molecule has 46 heavy (non-hydrogen) atoms. The highest BCUT2D eigenvalue weighted by atomic mass is 31.2. The molecule has 230 valence electrons. The molecule has 7 nitrogen and oxygen atoms in total. The van der Waals surface area contributed by atoms with Gasteiger partial charge in [-0.15, -0.1) is 0 Å². The van der Waals surface area contributed by atoms with Gasteiger partial charge < -0.3 is 24.2 Å². The van der Waals surface area contributed by atoms with E-state index in [1.807, 2.05) is 12.1 Å². The summed E-state index contributed by atoms with van der Waals surface area (Å²) in [6.07, 6.45) is 0.497. The Morgan fingerprint density at radius 3 is 1.48 bits per heavy atom. The lowest BCUT2D eigenvalue weighted by molar-refractivity contribution is -0.118. The number of carbonyl (C=O) groups excluding carboxylic acids is 2. The van der Waals surface area contributed by atoms with E-state index in [0.717, 1.165) is 5.56 Å². The summed E-state index contributed by atoms with van der Waals surface area (Å²) in [4.78, 5) is 22.4. The highest BCUT2D eigenvalue weighted by molar-refractivity contribution is 7.41. The Labute approximate surface area is 269 Å². The first kappa shape index (κ1) is 30.0. The number of hydrogen-bond donors (Lipinski definition) is 2. The topological polar surface area (TPSA) is 85.9 Å². The molecule has 2 aliphatic rings. The molecule has 0 saturated heterocycles. The molecule has 8 heteroatoms. The van der Waals surface area contributed by atoms with Crippen molar-refractivity contribution in [1.29, 1.82) is 0 Å². The molecule has 0 fully saturated rings. The molecule has 0 bridgehead atoms. The van der Waals surface area contributed by atoms with Gasteiger partial charge in [-0.3, -0.25) is 9.59 Å². The van der Waals surface area contributed by atoms with Crippen LogP contribution >= 0.6 is 8.60 Å². The summed E-state index contributed by atoms with van der Waals surface area (Å²) in [5.74, 6) is -0.144. The van der Waals surface area contributed by atoms with Crippen LogP contribution in [0.3, 0.4) is 0 Å². The van der Waals surface area contributed by atoms with Gasteiger partial charge in [-0.25, -0.2) is 0 Å². The van der Waals surface area contributed by atoms with E-state index >= 15 is 0 Å². The van der Waals surface area contributed by atoms with Gasteiger partial charge >= 0.3 is 8.60 Å². The van der Waals surface area contributed by atoms with Crippen molar-refractivity contribution in [2.24, 2.45) is 0 Å². The van der Waals surface area contributed by atoms with Gasteiger partial charge in [0.25, 0.3) is 0 Å². The fourth-order valence-electron chi connectivity index (χ4n) is 6.41. The first-order valence-corrected chi connectivity index (χ1v) is 16.4. The van der Waals surface area contributed by atoms with E-state index in [1.54, 1.807) is 12.1 Å². The van der Waals surface area contributed by atoms with Crippen LogP contribution in [0.25, 0.3) is 22.3 Å². The van der Waals surface area contributed by atoms with Crippen LogP contribution < -0.4 is 10.6 Å². The Morgan fingerprint density at radius 2 is 1.04 bits per heavy atom. The first-order chi connectivity index (χ1) is 22.7. The molecule has 0 unspecified atom stereocenters. The van der Waals surface area contributed by atoms with Gasteiger partial charge in [-0.05, 0) is 62.2 Å². The predicted octanol–water partition coefficient (Wildman–Crippen LogP) is 7.77. The van der Waals surface area contributed by atoms with Gasteiger partial charge in [-0.1, -0.05) is 109 Å². The fourth-order valence-corrected chi connectivity index (χ4v) is 7.43. The summed E-state index contributed by atoms with van der Waals surface area (Å²) in [5, 5.41) is 5.12. The van der Waals surface area contributed by atoms with Crippen molar-refractivity contribution in [3.63, 3.8) is 0 Å². The number of benzene rings is 5. The Bertz CT molecular complexity index is 1670. The van der Waals surface area contributed by atoms with E-state index in [1.165, 1.54) is 44.5 Å². The highest BCUT2D eigenvalue weighted by Gasteiger charge is 2.32. The minimum absolute atomic E-state index is 0.0779. The second-order valence-electron chi connectivity index (χ2n) is 11.3. The second-order valence-corrected chi connectivity index (χ2v) is 12.5. The van der Waals surface area contributed by atoms with Crippen LogP contribution in [0.2, 0.25) is 0 Å². The molecule has 0 aromatic heterocycles. The number of amides is 2. The fraction of sp³-hybridized carbons (Fsp3) is 0.158. The van der Waals surface area contributed by atoms with Gasteiger partial charge in [0.1, 0.15) is 0 Å². The maximum Gasteiger partial charge on any atom is 0.333 e. The van der Waals surface area contributed by atoms with E-state index in [2.05, 4.69) is 108 Å². The van der Waals surface area contributed by atoms with Gasteiger partial charge in [0, 0.05) is 17.5 Å². The molecule has 0 spiro atoms. The molecule has 7 rings (SSSR count). The second kappa shape index (κ2) is 13.8.